The molecule has 4 atom stereocenters. The monoisotopic (exact) mass is 730 g/mol. The first-order valence-corrected chi connectivity index (χ1v) is 16.8. The maximum Gasteiger partial charge on any atom is 0.408 e. The Morgan fingerprint density at radius 1 is 0.981 bits per heavy atom. The number of hydrogen-bond acceptors (Lipinski definition) is 11. The summed E-state index contributed by atoms with van der Waals surface area (Å²) in [5, 5.41) is 22.5. The van der Waals surface area contributed by atoms with E-state index < -0.39 is 83.9 Å². The molecule has 5 amide bonds. The van der Waals surface area contributed by atoms with Crippen molar-refractivity contribution >= 4 is 58.3 Å². The summed E-state index contributed by atoms with van der Waals surface area (Å²) in [5.74, 6) is -5.07. The van der Waals surface area contributed by atoms with Crippen LogP contribution < -0.4 is 43.7 Å². The Hall–Kier alpha value is -5.68. The number of carboxylic acids is 1. The second-order valence-electron chi connectivity index (χ2n) is 13.2. The number of aliphatic imine (C=N–C) groups is 1. The lowest BCUT2D eigenvalue weighted by Gasteiger charge is -2.28. The van der Waals surface area contributed by atoms with Crippen molar-refractivity contribution in [3.05, 3.63) is 40.2 Å². The quantitative estimate of drug-likeness (QED) is 0.0460. The molecule has 0 bridgehead atoms. The fraction of sp³-hybridized carbons (Fsp3) is 0.529. The van der Waals surface area contributed by atoms with Gasteiger partial charge in [-0.25, -0.2) is 9.59 Å². The van der Waals surface area contributed by atoms with E-state index in [1.807, 2.05) is 0 Å². The van der Waals surface area contributed by atoms with Gasteiger partial charge in [0.15, 0.2) is 5.96 Å². The lowest BCUT2D eigenvalue weighted by Crippen LogP contribution is -2.57. The lowest BCUT2D eigenvalue weighted by atomic mass is 9.97. The van der Waals surface area contributed by atoms with Crippen LogP contribution in [-0.4, -0.2) is 83.6 Å². The number of guanidine groups is 1. The minimum atomic E-state index is -1.40. The van der Waals surface area contributed by atoms with Gasteiger partial charge in [-0.05, 0) is 70.6 Å². The second kappa shape index (κ2) is 19.6. The van der Waals surface area contributed by atoms with Crippen LogP contribution in [0.15, 0.2) is 38.5 Å². The number of alkyl carbamates (subject to hydrolysis) is 1. The third-order valence-electron chi connectivity index (χ3n) is 7.69. The average molecular weight is 731 g/mol. The fourth-order valence-corrected chi connectivity index (χ4v) is 4.88. The van der Waals surface area contributed by atoms with Crippen molar-refractivity contribution in [1.29, 1.82) is 0 Å². The van der Waals surface area contributed by atoms with Gasteiger partial charge in [0, 0.05) is 36.2 Å². The number of nitrogens with two attached hydrogens (primary N) is 2. The molecule has 10 N–H and O–H groups in total. The number of hydrogen-bond donors (Lipinski definition) is 8. The fourth-order valence-electron chi connectivity index (χ4n) is 4.88. The number of amides is 5. The number of aliphatic carboxylic acids is 1. The summed E-state index contributed by atoms with van der Waals surface area (Å²) < 4.78 is 10.5. The van der Waals surface area contributed by atoms with Crippen molar-refractivity contribution in [2.75, 3.05) is 18.4 Å². The molecule has 1 aromatic heterocycles. The summed E-state index contributed by atoms with van der Waals surface area (Å²) in [6.07, 6.45) is -0.721. The van der Waals surface area contributed by atoms with E-state index in [-0.39, 0.29) is 30.9 Å². The second-order valence-corrected chi connectivity index (χ2v) is 13.2. The number of aryl methyl sites for hydroxylation is 1. The molecule has 0 aliphatic carbocycles. The van der Waals surface area contributed by atoms with E-state index in [0.29, 0.717) is 29.5 Å². The number of imide groups is 1. The smallest absolute Gasteiger partial charge is 0.408 e. The Labute approximate surface area is 300 Å². The number of nitrogens with zero attached hydrogens (tertiary/aromatic N) is 1. The van der Waals surface area contributed by atoms with Gasteiger partial charge in [-0.1, -0.05) is 20.3 Å². The van der Waals surface area contributed by atoms with E-state index in [2.05, 4.69) is 31.6 Å². The molecule has 2 rings (SSSR count). The zero-order valence-electron chi connectivity index (χ0n) is 30.3. The normalized spacial score (nSPS) is 13.4. The molecule has 0 saturated carbocycles. The Bertz CT molecular complexity index is 1700. The maximum atomic E-state index is 13.3. The van der Waals surface area contributed by atoms with Gasteiger partial charge in [-0.15, -0.1) is 0 Å². The number of benzene rings is 1. The number of carboxylic acid groups (broad SMARTS) is 1. The Balaban J connectivity index is 2.15. The van der Waals surface area contributed by atoms with Crippen LogP contribution in [0.1, 0.15) is 72.3 Å². The molecule has 1 aromatic carbocycles. The molecule has 286 valence electrons. The first-order valence-electron chi connectivity index (χ1n) is 16.8. The zero-order chi connectivity index (χ0) is 39.2. The lowest BCUT2D eigenvalue weighted by molar-refractivity contribution is -0.138. The summed E-state index contributed by atoms with van der Waals surface area (Å²) in [7, 11) is 0. The summed E-state index contributed by atoms with van der Waals surface area (Å²) in [5.41, 5.74) is 10.8. The van der Waals surface area contributed by atoms with Gasteiger partial charge in [-0.3, -0.25) is 34.3 Å². The van der Waals surface area contributed by atoms with E-state index in [0.717, 1.165) is 0 Å². The Morgan fingerprint density at radius 3 is 2.29 bits per heavy atom. The molecule has 1 heterocycles. The summed E-state index contributed by atoms with van der Waals surface area (Å²) in [6.45, 7) is 9.71. The molecule has 0 radical (unpaired) electrons. The van der Waals surface area contributed by atoms with Crippen molar-refractivity contribution < 1.29 is 43.0 Å². The minimum absolute atomic E-state index is 0.132. The predicted octanol–water partition coefficient (Wildman–Crippen LogP) is 0.984. The molecule has 0 aliphatic rings. The number of fused-ring (bicyclic) bond motifs is 1. The Kier molecular flexibility index (Phi) is 16.0. The molecule has 0 saturated heterocycles. The number of rotatable bonds is 18. The first kappa shape index (κ1) is 42.5. The highest BCUT2D eigenvalue weighted by atomic mass is 16.6. The summed E-state index contributed by atoms with van der Waals surface area (Å²) >= 11 is 0. The van der Waals surface area contributed by atoms with Gasteiger partial charge in [0.1, 0.15) is 29.3 Å². The van der Waals surface area contributed by atoms with E-state index in [1.165, 1.54) is 6.07 Å². The van der Waals surface area contributed by atoms with Crippen LogP contribution in [0.3, 0.4) is 0 Å². The first-order chi connectivity index (χ1) is 24.3. The predicted molar refractivity (Wildman–Crippen MR) is 192 cm³/mol. The summed E-state index contributed by atoms with van der Waals surface area (Å²) in [6, 6.07) is 2.76. The van der Waals surface area contributed by atoms with Crippen LogP contribution in [0.4, 0.5) is 10.5 Å². The third-order valence-corrected chi connectivity index (χ3v) is 7.69. The van der Waals surface area contributed by atoms with Gasteiger partial charge >= 0.3 is 17.7 Å². The van der Waals surface area contributed by atoms with E-state index in [9.17, 15) is 38.7 Å². The van der Waals surface area contributed by atoms with Gasteiger partial charge in [0.2, 0.25) is 23.6 Å². The number of nitrogens with one attached hydrogen (secondary N) is 5. The van der Waals surface area contributed by atoms with Crippen LogP contribution >= 0.6 is 0 Å². The molecule has 52 heavy (non-hydrogen) atoms. The number of ether oxygens (including phenoxy) is 1. The highest BCUT2D eigenvalue weighted by molar-refractivity contribution is 6.01. The molecule has 0 aliphatic heterocycles. The van der Waals surface area contributed by atoms with Gasteiger partial charge < -0.3 is 47.0 Å². The molecular formula is C34H50N8O10. The Morgan fingerprint density at radius 2 is 1.67 bits per heavy atom. The van der Waals surface area contributed by atoms with Crippen molar-refractivity contribution in [3.8, 4) is 0 Å². The van der Waals surface area contributed by atoms with Crippen LogP contribution in [-0.2, 0) is 28.7 Å². The standard InChI is InChI=1S/C34H50N8O10/c1-7-18(2)28(42-33(50)52-34(4,5)6)31(49)40-23(12-13-26(44)45)29(47)38-17-25(43)41-30(48)22(9-8-14-37-32(35)36)39-20-10-11-21-19(3)15-27(46)51-24(21)16-20/h10-11,15-16,18,22-23,28,39H,7-9,12-14,17H2,1-6H3,(H,38,47)(H,40,49)(H,42,50)(H,44,45)(H4,35,36,37)(H,41,43,48). The zero-order valence-corrected chi connectivity index (χ0v) is 30.3. The molecule has 0 fully saturated rings. The van der Waals surface area contributed by atoms with E-state index in [4.69, 9.17) is 20.6 Å². The highest BCUT2D eigenvalue weighted by Gasteiger charge is 2.32. The molecular weight excluding hydrogens is 680 g/mol. The van der Waals surface area contributed by atoms with Gasteiger partial charge in [0.25, 0.3) is 0 Å². The molecule has 18 heteroatoms. The van der Waals surface area contributed by atoms with Crippen molar-refractivity contribution in [3.63, 3.8) is 0 Å². The third kappa shape index (κ3) is 14.7. The van der Waals surface area contributed by atoms with Crippen LogP contribution in [0.25, 0.3) is 11.0 Å². The number of carbonyl (C=O) groups excluding carboxylic acids is 5. The molecule has 18 nitrogen and oxygen atoms in total. The average Bonchev–Trinajstić information content (AvgIpc) is 3.03. The largest absolute Gasteiger partial charge is 0.481 e. The molecule has 4 unspecified atom stereocenters. The summed E-state index contributed by atoms with van der Waals surface area (Å²) in [4.78, 5) is 92.1. The van der Waals surface area contributed by atoms with Gasteiger partial charge in [-0.2, -0.15) is 0 Å². The maximum absolute atomic E-state index is 13.3. The van der Waals surface area contributed by atoms with Crippen molar-refractivity contribution in [2.24, 2.45) is 22.4 Å². The van der Waals surface area contributed by atoms with Crippen molar-refractivity contribution in [2.45, 2.75) is 97.4 Å². The SMILES string of the molecule is CCC(C)C(NC(=O)OC(C)(C)C)C(=O)NC(CCC(=O)O)C(=O)NCC(=O)NC(=O)C(CCCN=C(N)N)Nc1ccc2c(C)cc(=O)oc2c1. The van der Waals surface area contributed by atoms with Crippen LogP contribution in [0, 0.1) is 12.8 Å². The van der Waals surface area contributed by atoms with Crippen LogP contribution in [0.5, 0.6) is 0 Å². The van der Waals surface area contributed by atoms with Gasteiger partial charge in [0.05, 0.1) is 6.54 Å². The van der Waals surface area contributed by atoms with E-state index in [1.54, 1.807) is 59.7 Å². The minimum Gasteiger partial charge on any atom is -0.481 e. The van der Waals surface area contributed by atoms with Crippen molar-refractivity contribution in [1.82, 2.24) is 21.3 Å². The van der Waals surface area contributed by atoms with E-state index >= 15 is 0 Å². The topological polar surface area (TPSA) is 287 Å². The van der Waals surface area contributed by atoms with Crippen LogP contribution in [0.2, 0.25) is 0 Å². The molecule has 0 spiro atoms. The highest BCUT2D eigenvalue weighted by Crippen LogP contribution is 2.22. The molecule has 2 aromatic rings. The number of carbonyl (C=O) groups is 6. The number of anilines is 1.